The molecule has 3 aromatic rings. The van der Waals surface area contributed by atoms with Crippen LogP contribution in [0.5, 0.6) is 0 Å². The Morgan fingerprint density at radius 1 is 1.14 bits per heavy atom. The standard InChI is InChI=1S/C28H41N5O2S/c1-6-11-23(28(35)29-15-10-16-32(4)5)31-27(34)20-13-14-25-24(18-20)30-26(19-22-12-9-17-36-22)33(25)21(7-2)8-3/h9,12-14,17-18,21,23H,6-8,10-11,15-16,19H2,1-5H3,(H,29,35)(H,31,34). The van der Waals surface area contributed by atoms with E-state index >= 15 is 0 Å². The van der Waals surface area contributed by atoms with Crippen molar-refractivity contribution in [2.45, 2.75) is 71.4 Å². The first kappa shape index (κ1) is 27.9. The van der Waals surface area contributed by atoms with Gasteiger partial charge in [0.2, 0.25) is 5.91 Å². The Morgan fingerprint density at radius 3 is 2.56 bits per heavy atom. The summed E-state index contributed by atoms with van der Waals surface area (Å²) in [5.74, 6) is 0.664. The van der Waals surface area contributed by atoms with Crippen molar-refractivity contribution in [1.29, 1.82) is 0 Å². The van der Waals surface area contributed by atoms with Crippen LogP contribution in [0, 0.1) is 0 Å². The van der Waals surface area contributed by atoms with Crippen LogP contribution in [0.3, 0.4) is 0 Å². The highest BCUT2D eigenvalue weighted by Crippen LogP contribution is 2.28. The van der Waals surface area contributed by atoms with Crippen molar-refractivity contribution < 1.29 is 9.59 Å². The maximum absolute atomic E-state index is 13.2. The zero-order chi connectivity index (χ0) is 26.1. The summed E-state index contributed by atoms with van der Waals surface area (Å²) in [6.07, 6.45) is 5.09. The van der Waals surface area contributed by atoms with E-state index in [1.807, 2.05) is 39.2 Å². The maximum Gasteiger partial charge on any atom is 0.252 e. The van der Waals surface area contributed by atoms with Crippen molar-refractivity contribution in [1.82, 2.24) is 25.1 Å². The third kappa shape index (κ3) is 7.17. The molecule has 0 radical (unpaired) electrons. The molecule has 0 saturated heterocycles. The van der Waals surface area contributed by atoms with E-state index in [1.54, 1.807) is 11.3 Å². The second-order valence-corrected chi connectivity index (χ2v) is 10.6. The summed E-state index contributed by atoms with van der Waals surface area (Å²) in [5.41, 5.74) is 2.40. The number of amides is 2. The molecule has 1 unspecified atom stereocenters. The molecule has 2 N–H and O–H groups in total. The molecule has 2 aromatic heterocycles. The highest BCUT2D eigenvalue weighted by atomic mass is 32.1. The molecule has 0 fully saturated rings. The van der Waals surface area contributed by atoms with E-state index in [1.165, 1.54) is 4.88 Å². The molecule has 7 nitrogen and oxygen atoms in total. The molecule has 36 heavy (non-hydrogen) atoms. The third-order valence-electron chi connectivity index (χ3n) is 6.53. The van der Waals surface area contributed by atoms with E-state index in [-0.39, 0.29) is 11.8 Å². The third-order valence-corrected chi connectivity index (χ3v) is 7.40. The van der Waals surface area contributed by atoms with Crippen LogP contribution in [-0.2, 0) is 11.2 Å². The Balaban J connectivity index is 1.80. The zero-order valence-electron chi connectivity index (χ0n) is 22.3. The fourth-order valence-corrected chi connectivity index (χ4v) is 5.28. The minimum absolute atomic E-state index is 0.124. The topological polar surface area (TPSA) is 79.3 Å². The van der Waals surface area contributed by atoms with Gasteiger partial charge in [0.05, 0.1) is 11.0 Å². The maximum atomic E-state index is 13.2. The molecule has 0 saturated carbocycles. The molecule has 2 amide bonds. The summed E-state index contributed by atoms with van der Waals surface area (Å²) in [6, 6.07) is 9.73. The number of aromatic nitrogens is 2. The molecular formula is C28H41N5O2S. The van der Waals surface area contributed by atoms with Gasteiger partial charge in [-0.2, -0.15) is 0 Å². The van der Waals surface area contributed by atoms with Crippen LogP contribution in [0.15, 0.2) is 35.7 Å². The van der Waals surface area contributed by atoms with Gasteiger partial charge < -0.3 is 20.1 Å². The number of rotatable bonds is 14. The van der Waals surface area contributed by atoms with Gasteiger partial charge in [-0.05, 0) is 76.0 Å². The molecule has 0 aliphatic heterocycles. The molecule has 2 heterocycles. The molecular weight excluding hydrogens is 470 g/mol. The predicted octanol–water partition coefficient (Wildman–Crippen LogP) is 5.02. The van der Waals surface area contributed by atoms with Gasteiger partial charge in [-0.25, -0.2) is 4.98 Å². The van der Waals surface area contributed by atoms with Gasteiger partial charge in [-0.1, -0.05) is 33.3 Å². The fraction of sp³-hybridized carbons (Fsp3) is 0.536. The van der Waals surface area contributed by atoms with Gasteiger partial charge in [0, 0.05) is 29.4 Å². The number of thiophene rings is 1. The zero-order valence-corrected chi connectivity index (χ0v) is 23.2. The quantitative estimate of drug-likeness (QED) is 0.298. The number of nitrogens with zero attached hydrogens (tertiary/aromatic N) is 3. The van der Waals surface area contributed by atoms with Crippen LogP contribution in [-0.4, -0.2) is 59.5 Å². The van der Waals surface area contributed by atoms with Crippen molar-refractivity contribution in [3.8, 4) is 0 Å². The van der Waals surface area contributed by atoms with Crippen molar-refractivity contribution in [2.75, 3.05) is 27.2 Å². The Bertz CT molecular complexity index is 1120. The van der Waals surface area contributed by atoms with E-state index in [4.69, 9.17) is 4.98 Å². The number of hydrogen-bond donors (Lipinski definition) is 2. The van der Waals surface area contributed by atoms with E-state index < -0.39 is 6.04 Å². The number of benzene rings is 1. The van der Waals surface area contributed by atoms with E-state index in [2.05, 4.69) is 51.5 Å². The Hall–Kier alpha value is -2.71. The Labute approximate surface area is 219 Å². The summed E-state index contributed by atoms with van der Waals surface area (Å²) in [4.78, 5) is 34.2. The monoisotopic (exact) mass is 511 g/mol. The fourth-order valence-electron chi connectivity index (χ4n) is 4.57. The normalized spacial score (nSPS) is 12.4. The second-order valence-electron chi connectivity index (χ2n) is 9.59. The van der Waals surface area contributed by atoms with Crippen molar-refractivity contribution in [3.05, 3.63) is 52.0 Å². The number of imidazole rings is 1. The average molecular weight is 512 g/mol. The van der Waals surface area contributed by atoms with Crippen LogP contribution < -0.4 is 10.6 Å². The Kier molecular flexibility index (Phi) is 10.5. The highest BCUT2D eigenvalue weighted by molar-refractivity contribution is 7.09. The van der Waals surface area contributed by atoms with Crippen molar-refractivity contribution in [3.63, 3.8) is 0 Å². The SMILES string of the molecule is CCCC(NC(=O)c1ccc2c(c1)nc(Cc1cccs1)n2C(CC)CC)C(=O)NCCCN(C)C. The Morgan fingerprint density at radius 2 is 1.92 bits per heavy atom. The average Bonchev–Trinajstić information content (AvgIpc) is 3.50. The summed E-state index contributed by atoms with van der Waals surface area (Å²) in [5, 5.41) is 8.02. The van der Waals surface area contributed by atoms with E-state index in [0.717, 1.165) is 55.5 Å². The molecule has 3 rings (SSSR count). The van der Waals surface area contributed by atoms with Gasteiger partial charge in [-0.15, -0.1) is 11.3 Å². The minimum atomic E-state index is -0.547. The number of hydrogen-bond acceptors (Lipinski definition) is 5. The van der Waals surface area contributed by atoms with Gasteiger partial charge in [0.1, 0.15) is 11.9 Å². The van der Waals surface area contributed by atoms with Gasteiger partial charge >= 0.3 is 0 Å². The van der Waals surface area contributed by atoms with Crippen LogP contribution in [0.4, 0.5) is 0 Å². The lowest BCUT2D eigenvalue weighted by atomic mass is 10.1. The summed E-state index contributed by atoms with van der Waals surface area (Å²) < 4.78 is 2.35. The van der Waals surface area contributed by atoms with Gasteiger partial charge in [0.15, 0.2) is 0 Å². The van der Waals surface area contributed by atoms with Crippen molar-refractivity contribution in [2.24, 2.45) is 0 Å². The first-order valence-corrected chi connectivity index (χ1v) is 14.0. The first-order valence-electron chi connectivity index (χ1n) is 13.1. The molecule has 0 aliphatic carbocycles. The van der Waals surface area contributed by atoms with Crippen LogP contribution in [0.1, 0.15) is 80.0 Å². The molecule has 0 bridgehead atoms. The lowest BCUT2D eigenvalue weighted by molar-refractivity contribution is -0.123. The number of fused-ring (bicyclic) bond motifs is 1. The van der Waals surface area contributed by atoms with Gasteiger partial charge in [-0.3, -0.25) is 9.59 Å². The minimum Gasteiger partial charge on any atom is -0.354 e. The molecule has 1 aromatic carbocycles. The highest BCUT2D eigenvalue weighted by Gasteiger charge is 2.22. The second kappa shape index (κ2) is 13.6. The lowest BCUT2D eigenvalue weighted by Gasteiger charge is -2.19. The number of carbonyl (C=O) groups excluding carboxylic acids is 2. The first-order chi connectivity index (χ1) is 17.4. The van der Waals surface area contributed by atoms with Crippen LogP contribution in [0.2, 0.25) is 0 Å². The van der Waals surface area contributed by atoms with Crippen LogP contribution in [0.25, 0.3) is 11.0 Å². The van der Waals surface area contributed by atoms with Crippen LogP contribution >= 0.6 is 11.3 Å². The van der Waals surface area contributed by atoms with E-state index in [0.29, 0.717) is 24.6 Å². The molecule has 0 aliphatic rings. The number of carbonyl (C=O) groups is 2. The summed E-state index contributed by atoms with van der Waals surface area (Å²) in [6.45, 7) is 7.93. The number of nitrogens with one attached hydrogen (secondary N) is 2. The largest absolute Gasteiger partial charge is 0.354 e. The smallest absolute Gasteiger partial charge is 0.252 e. The van der Waals surface area contributed by atoms with Crippen molar-refractivity contribution >= 4 is 34.2 Å². The predicted molar refractivity (Wildman–Crippen MR) is 149 cm³/mol. The molecule has 1 atom stereocenters. The van der Waals surface area contributed by atoms with Gasteiger partial charge in [0.25, 0.3) is 5.91 Å². The lowest BCUT2D eigenvalue weighted by Crippen LogP contribution is -2.47. The molecule has 196 valence electrons. The molecule has 8 heteroatoms. The summed E-state index contributed by atoms with van der Waals surface area (Å²) in [7, 11) is 4.02. The summed E-state index contributed by atoms with van der Waals surface area (Å²) >= 11 is 1.74. The molecule has 0 spiro atoms. The van der Waals surface area contributed by atoms with E-state index in [9.17, 15) is 9.59 Å².